The quantitative estimate of drug-likeness (QED) is 0.936. The number of benzene rings is 2. The normalized spacial score (nSPS) is 10.4. The van der Waals surface area contributed by atoms with Crippen LogP contribution in [0.5, 0.6) is 5.75 Å². The highest BCUT2D eigenvalue weighted by atomic mass is 79.9. The molecule has 0 aliphatic heterocycles. The van der Waals surface area contributed by atoms with Crippen LogP contribution in [-0.2, 0) is 13.2 Å². The smallest absolute Gasteiger partial charge is 0.129 e. The fourth-order valence-electron chi connectivity index (χ4n) is 1.56. The first-order valence-corrected chi connectivity index (χ1v) is 6.34. The molecule has 0 saturated carbocycles. The third kappa shape index (κ3) is 3.31. The van der Waals surface area contributed by atoms with E-state index in [9.17, 15) is 4.39 Å². The maximum absolute atomic E-state index is 13.5. The summed E-state index contributed by atoms with van der Waals surface area (Å²) in [4.78, 5) is 0. The van der Waals surface area contributed by atoms with Crippen LogP contribution in [0.15, 0.2) is 46.9 Å². The summed E-state index contributed by atoms with van der Waals surface area (Å²) in [5.74, 6) is 0.431. The first-order valence-electron chi connectivity index (χ1n) is 5.55. The van der Waals surface area contributed by atoms with Crippen molar-refractivity contribution in [3.05, 3.63) is 63.9 Å². The summed E-state index contributed by atoms with van der Waals surface area (Å²) < 4.78 is 20.0. The Labute approximate surface area is 114 Å². The molecule has 2 aromatic carbocycles. The zero-order valence-electron chi connectivity index (χ0n) is 9.70. The molecule has 18 heavy (non-hydrogen) atoms. The Balaban J connectivity index is 2.07. The molecule has 0 aliphatic carbocycles. The van der Waals surface area contributed by atoms with E-state index in [1.807, 2.05) is 24.3 Å². The van der Waals surface area contributed by atoms with Crippen LogP contribution >= 0.6 is 15.9 Å². The lowest BCUT2D eigenvalue weighted by Gasteiger charge is -2.08. The van der Waals surface area contributed by atoms with Crippen molar-refractivity contribution < 1.29 is 9.13 Å². The van der Waals surface area contributed by atoms with Gasteiger partial charge in [0.1, 0.15) is 18.2 Å². The van der Waals surface area contributed by atoms with E-state index in [0.717, 1.165) is 10.0 Å². The highest BCUT2D eigenvalue weighted by Crippen LogP contribution is 2.18. The highest BCUT2D eigenvalue weighted by molar-refractivity contribution is 9.10. The highest BCUT2D eigenvalue weighted by Gasteiger charge is 2.04. The molecule has 0 spiro atoms. The Bertz CT molecular complexity index is 528. The fourth-order valence-corrected chi connectivity index (χ4v) is 1.82. The molecule has 0 aromatic heterocycles. The molecule has 0 atom stereocenters. The number of nitrogens with two attached hydrogens (primary N) is 1. The van der Waals surface area contributed by atoms with E-state index in [4.69, 9.17) is 10.5 Å². The third-order valence-corrected chi connectivity index (χ3v) is 3.08. The zero-order valence-corrected chi connectivity index (χ0v) is 11.3. The van der Waals surface area contributed by atoms with E-state index in [1.54, 1.807) is 12.1 Å². The number of ether oxygens (including phenoxy) is 1. The molecule has 0 amide bonds. The monoisotopic (exact) mass is 309 g/mol. The summed E-state index contributed by atoms with van der Waals surface area (Å²) in [6.07, 6.45) is 0. The van der Waals surface area contributed by atoms with Crippen LogP contribution < -0.4 is 10.5 Å². The van der Waals surface area contributed by atoms with Crippen LogP contribution in [0.25, 0.3) is 0 Å². The molecule has 2 rings (SSSR count). The van der Waals surface area contributed by atoms with Crippen molar-refractivity contribution >= 4 is 15.9 Å². The lowest BCUT2D eigenvalue weighted by molar-refractivity contribution is 0.299. The Morgan fingerprint density at radius 3 is 2.50 bits per heavy atom. The van der Waals surface area contributed by atoms with Gasteiger partial charge in [-0.25, -0.2) is 4.39 Å². The van der Waals surface area contributed by atoms with Gasteiger partial charge in [0, 0.05) is 16.6 Å². The van der Waals surface area contributed by atoms with Crippen molar-refractivity contribution in [3.8, 4) is 5.75 Å². The predicted octanol–water partition coefficient (Wildman–Crippen LogP) is 3.63. The molecule has 4 heteroatoms. The van der Waals surface area contributed by atoms with Crippen molar-refractivity contribution in [1.29, 1.82) is 0 Å². The van der Waals surface area contributed by atoms with Gasteiger partial charge in [0.2, 0.25) is 0 Å². The van der Waals surface area contributed by atoms with Crippen molar-refractivity contribution in [1.82, 2.24) is 0 Å². The minimum Gasteiger partial charge on any atom is -0.489 e. The van der Waals surface area contributed by atoms with Crippen LogP contribution in [0.4, 0.5) is 4.39 Å². The van der Waals surface area contributed by atoms with E-state index in [-0.39, 0.29) is 12.4 Å². The molecule has 2 aromatic rings. The second-order valence-corrected chi connectivity index (χ2v) is 4.79. The van der Waals surface area contributed by atoms with Gasteiger partial charge in [0.15, 0.2) is 0 Å². The lowest BCUT2D eigenvalue weighted by atomic mass is 10.1. The van der Waals surface area contributed by atoms with Gasteiger partial charge >= 0.3 is 0 Å². The van der Waals surface area contributed by atoms with E-state index in [1.165, 1.54) is 6.07 Å². The van der Waals surface area contributed by atoms with Crippen molar-refractivity contribution in [2.45, 2.75) is 13.2 Å². The molecule has 2 nitrogen and oxygen atoms in total. The van der Waals surface area contributed by atoms with Crippen molar-refractivity contribution in [2.75, 3.05) is 0 Å². The van der Waals surface area contributed by atoms with Gasteiger partial charge in [-0.2, -0.15) is 0 Å². The van der Waals surface area contributed by atoms with Gasteiger partial charge in [-0.05, 0) is 42.0 Å². The predicted molar refractivity (Wildman–Crippen MR) is 72.8 cm³/mol. The molecular formula is C14H13BrFNO. The van der Waals surface area contributed by atoms with Crippen molar-refractivity contribution in [2.24, 2.45) is 5.73 Å². The van der Waals surface area contributed by atoms with Crippen LogP contribution in [-0.4, -0.2) is 0 Å². The molecule has 94 valence electrons. The number of halogens is 2. The van der Waals surface area contributed by atoms with Crippen LogP contribution in [0.1, 0.15) is 11.1 Å². The SMILES string of the molecule is NCc1ccc(F)c(COc2ccc(Br)cc2)c1. The van der Waals surface area contributed by atoms with Crippen LogP contribution in [0.2, 0.25) is 0 Å². The Kier molecular flexibility index (Phi) is 4.33. The topological polar surface area (TPSA) is 35.2 Å². The molecule has 0 unspecified atom stereocenters. The first-order chi connectivity index (χ1) is 8.69. The average molecular weight is 310 g/mol. The number of hydrogen-bond acceptors (Lipinski definition) is 2. The number of hydrogen-bond donors (Lipinski definition) is 1. The molecule has 0 aliphatic rings. The summed E-state index contributed by atoms with van der Waals surface area (Å²) in [5, 5.41) is 0. The lowest BCUT2D eigenvalue weighted by Crippen LogP contribution is -2.02. The Hall–Kier alpha value is -1.39. The van der Waals surface area contributed by atoms with Crippen LogP contribution in [0.3, 0.4) is 0 Å². The van der Waals surface area contributed by atoms with Gasteiger partial charge in [0.05, 0.1) is 0 Å². The molecule has 0 saturated heterocycles. The Morgan fingerprint density at radius 2 is 1.83 bits per heavy atom. The van der Waals surface area contributed by atoms with Gasteiger partial charge in [-0.15, -0.1) is 0 Å². The molecule has 0 radical (unpaired) electrons. The average Bonchev–Trinajstić information content (AvgIpc) is 2.40. The molecule has 2 N–H and O–H groups in total. The maximum atomic E-state index is 13.5. The summed E-state index contributed by atoms with van der Waals surface area (Å²) in [6, 6.07) is 12.2. The molecular weight excluding hydrogens is 297 g/mol. The summed E-state index contributed by atoms with van der Waals surface area (Å²) in [5.41, 5.74) is 6.93. The fraction of sp³-hybridized carbons (Fsp3) is 0.143. The minimum atomic E-state index is -0.274. The van der Waals surface area contributed by atoms with E-state index >= 15 is 0 Å². The Morgan fingerprint density at radius 1 is 1.11 bits per heavy atom. The summed E-state index contributed by atoms with van der Waals surface area (Å²) in [7, 11) is 0. The van der Waals surface area contributed by atoms with Gasteiger partial charge in [-0.3, -0.25) is 0 Å². The second-order valence-electron chi connectivity index (χ2n) is 3.87. The largest absolute Gasteiger partial charge is 0.489 e. The van der Waals surface area contributed by atoms with Gasteiger partial charge < -0.3 is 10.5 Å². The maximum Gasteiger partial charge on any atom is 0.129 e. The third-order valence-electron chi connectivity index (χ3n) is 2.55. The van der Waals surface area contributed by atoms with E-state index in [2.05, 4.69) is 15.9 Å². The summed E-state index contributed by atoms with van der Waals surface area (Å²) in [6.45, 7) is 0.590. The number of rotatable bonds is 4. The van der Waals surface area contributed by atoms with Crippen molar-refractivity contribution in [3.63, 3.8) is 0 Å². The van der Waals surface area contributed by atoms with Gasteiger partial charge in [-0.1, -0.05) is 22.0 Å². The minimum absolute atomic E-state index is 0.196. The van der Waals surface area contributed by atoms with Gasteiger partial charge in [0.25, 0.3) is 0 Å². The first kappa shape index (κ1) is 13.1. The van der Waals surface area contributed by atoms with E-state index < -0.39 is 0 Å². The second kappa shape index (κ2) is 5.98. The van der Waals surface area contributed by atoms with Crippen LogP contribution in [0, 0.1) is 5.82 Å². The molecule has 0 fully saturated rings. The molecule has 0 heterocycles. The summed E-state index contributed by atoms with van der Waals surface area (Å²) >= 11 is 3.34. The standard InChI is InChI=1S/C14H13BrFNO/c15-12-2-4-13(5-3-12)18-9-11-7-10(8-17)1-6-14(11)16/h1-7H,8-9,17H2. The molecule has 0 bridgehead atoms. The van der Waals surface area contributed by atoms with E-state index in [0.29, 0.717) is 17.9 Å². The zero-order chi connectivity index (χ0) is 13.0.